The summed E-state index contributed by atoms with van der Waals surface area (Å²) in [7, 11) is -3.45. The summed E-state index contributed by atoms with van der Waals surface area (Å²) in [5.41, 5.74) is 0.105. The van der Waals surface area contributed by atoms with Crippen molar-refractivity contribution in [1.82, 2.24) is 19.8 Å². The van der Waals surface area contributed by atoms with Crippen molar-refractivity contribution in [3.05, 3.63) is 12.4 Å². The number of sulfonamides is 1. The van der Waals surface area contributed by atoms with Crippen molar-refractivity contribution < 1.29 is 8.42 Å². The maximum absolute atomic E-state index is 12.3. The van der Waals surface area contributed by atoms with Gasteiger partial charge >= 0.3 is 0 Å². The van der Waals surface area contributed by atoms with Gasteiger partial charge in [0, 0.05) is 19.3 Å². The monoisotopic (exact) mass is 314 g/mol. The minimum Gasteiger partial charge on any atom is -0.315 e. The Hall–Kier alpha value is -0.920. The van der Waals surface area contributed by atoms with Gasteiger partial charge in [-0.05, 0) is 24.8 Å². The van der Waals surface area contributed by atoms with E-state index in [1.165, 1.54) is 19.0 Å². The molecule has 0 spiro atoms. The molecule has 1 fully saturated rings. The predicted molar refractivity (Wildman–Crippen MR) is 82.5 cm³/mol. The average Bonchev–Trinajstić information content (AvgIpc) is 3.07. The summed E-state index contributed by atoms with van der Waals surface area (Å²) in [6, 6.07) is 0. The number of hydrogen-bond acceptors (Lipinski definition) is 4. The van der Waals surface area contributed by atoms with E-state index in [0.29, 0.717) is 13.1 Å². The molecule has 0 bridgehead atoms. The van der Waals surface area contributed by atoms with Crippen LogP contribution in [-0.4, -0.2) is 37.8 Å². The van der Waals surface area contributed by atoms with Gasteiger partial charge < -0.3 is 5.32 Å². The normalized spacial score (nSPS) is 18.2. The van der Waals surface area contributed by atoms with Gasteiger partial charge in [-0.1, -0.05) is 26.7 Å². The molecule has 0 saturated heterocycles. The van der Waals surface area contributed by atoms with Crippen LogP contribution in [0.5, 0.6) is 0 Å². The Labute approximate surface area is 127 Å². The second-order valence-electron chi connectivity index (χ2n) is 6.13. The van der Waals surface area contributed by atoms with Crippen LogP contribution in [0.25, 0.3) is 0 Å². The van der Waals surface area contributed by atoms with Crippen molar-refractivity contribution in [2.75, 3.05) is 19.6 Å². The molecule has 1 heterocycles. The molecule has 0 amide bonds. The fourth-order valence-corrected chi connectivity index (χ4v) is 3.89. The van der Waals surface area contributed by atoms with Crippen molar-refractivity contribution >= 4 is 10.0 Å². The fraction of sp³-hybridized carbons (Fsp3) is 0.786. The van der Waals surface area contributed by atoms with Crippen molar-refractivity contribution in [3.8, 4) is 0 Å². The van der Waals surface area contributed by atoms with Crippen molar-refractivity contribution in [2.45, 2.75) is 51.0 Å². The molecule has 6 nitrogen and oxygen atoms in total. The zero-order valence-electron chi connectivity index (χ0n) is 12.9. The standard InChI is InChI=1S/C14H26N4O2S/c1-3-15-8-9-18-11-13(10-16-18)21(19,20)17-12-14(2)6-4-5-7-14/h10-11,15,17H,3-9,12H2,1-2H3. The number of rotatable bonds is 8. The van der Waals surface area contributed by atoms with E-state index in [4.69, 9.17) is 0 Å². The Kier molecular flexibility index (Phi) is 5.40. The lowest BCUT2D eigenvalue weighted by Gasteiger charge is -2.23. The number of aromatic nitrogens is 2. The molecule has 1 aliphatic rings. The number of nitrogens with zero attached hydrogens (tertiary/aromatic N) is 2. The third kappa shape index (κ3) is 4.52. The van der Waals surface area contributed by atoms with Crippen LogP contribution in [-0.2, 0) is 16.6 Å². The molecular weight excluding hydrogens is 288 g/mol. The van der Waals surface area contributed by atoms with Crippen molar-refractivity contribution in [3.63, 3.8) is 0 Å². The molecule has 0 unspecified atom stereocenters. The van der Waals surface area contributed by atoms with E-state index in [1.54, 1.807) is 10.9 Å². The molecular formula is C14H26N4O2S. The van der Waals surface area contributed by atoms with E-state index >= 15 is 0 Å². The van der Waals surface area contributed by atoms with Gasteiger partial charge in [0.25, 0.3) is 0 Å². The van der Waals surface area contributed by atoms with E-state index < -0.39 is 10.0 Å². The zero-order valence-corrected chi connectivity index (χ0v) is 13.7. The molecule has 120 valence electrons. The quantitative estimate of drug-likeness (QED) is 0.710. The molecule has 0 aliphatic heterocycles. The molecule has 0 aromatic carbocycles. The summed E-state index contributed by atoms with van der Waals surface area (Å²) in [6.45, 7) is 7.05. The van der Waals surface area contributed by atoms with Crippen LogP contribution in [0.4, 0.5) is 0 Å². The van der Waals surface area contributed by atoms with Gasteiger partial charge in [-0.3, -0.25) is 4.68 Å². The van der Waals surface area contributed by atoms with E-state index in [-0.39, 0.29) is 10.3 Å². The third-order valence-electron chi connectivity index (χ3n) is 4.19. The lowest BCUT2D eigenvalue weighted by molar-refractivity contribution is 0.336. The predicted octanol–water partition coefficient (Wildman–Crippen LogP) is 1.35. The summed E-state index contributed by atoms with van der Waals surface area (Å²) in [5, 5.41) is 7.29. The highest BCUT2D eigenvalue weighted by atomic mass is 32.2. The first-order valence-electron chi connectivity index (χ1n) is 7.68. The first kappa shape index (κ1) is 16.5. The second-order valence-corrected chi connectivity index (χ2v) is 7.90. The zero-order chi connectivity index (χ0) is 15.3. The van der Waals surface area contributed by atoms with Gasteiger partial charge in [0.15, 0.2) is 0 Å². The highest BCUT2D eigenvalue weighted by molar-refractivity contribution is 7.89. The largest absolute Gasteiger partial charge is 0.315 e. The topological polar surface area (TPSA) is 76.0 Å². The highest BCUT2D eigenvalue weighted by Gasteiger charge is 2.30. The van der Waals surface area contributed by atoms with Crippen LogP contribution in [0.3, 0.4) is 0 Å². The van der Waals surface area contributed by atoms with Crippen LogP contribution < -0.4 is 10.0 Å². The molecule has 0 atom stereocenters. The first-order chi connectivity index (χ1) is 9.95. The highest BCUT2D eigenvalue weighted by Crippen LogP contribution is 2.36. The van der Waals surface area contributed by atoms with Gasteiger partial charge in [0.2, 0.25) is 10.0 Å². The van der Waals surface area contributed by atoms with E-state index in [2.05, 4.69) is 22.1 Å². The smallest absolute Gasteiger partial charge is 0.243 e. The SMILES string of the molecule is CCNCCn1cc(S(=O)(=O)NCC2(C)CCCC2)cn1. The summed E-state index contributed by atoms with van der Waals surface area (Å²) >= 11 is 0. The lowest BCUT2D eigenvalue weighted by Crippen LogP contribution is -2.34. The lowest BCUT2D eigenvalue weighted by atomic mass is 9.89. The Bertz CT molecular complexity index is 547. The van der Waals surface area contributed by atoms with Gasteiger partial charge in [0.1, 0.15) is 4.90 Å². The molecule has 2 N–H and O–H groups in total. The molecule has 1 aromatic rings. The van der Waals surface area contributed by atoms with Gasteiger partial charge in [0.05, 0.1) is 12.7 Å². The first-order valence-corrected chi connectivity index (χ1v) is 9.16. The maximum atomic E-state index is 12.3. The van der Waals surface area contributed by atoms with Crippen LogP contribution in [0.15, 0.2) is 17.3 Å². The molecule has 2 rings (SSSR count). The van der Waals surface area contributed by atoms with Gasteiger partial charge in [-0.15, -0.1) is 0 Å². The molecule has 7 heteroatoms. The minimum absolute atomic E-state index is 0.105. The summed E-state index contributed by atoms with van der Waals surface area (Å²) in [4.78, 5) is 0.251. The van der Waals surface area contributed by atoms with Gasteiger partial charge in [-0.2, -0.15) is 5.10 Å². The summed E-state index contributed by atoms with van der Waals surface area (Å²) < 4.78 is 29.0. The second kappa shape index (κ2) is 6.89. The van der Waals surface area contributed by atoms with Crippen molar-refractivity contribution in [2.24, 2.45) is 5.41 Å². The summed E-state index contributed by atoms with van der Waals surface area (Å²) in [6.07, 6.45) is 7.60. The minimum atomic E-state index is -3.45. The van der Waals surface area contributed by atoms with Crippen LogP contribution in [0.2, 0.25) is 0 Å². The summed E-state index contributed by atoms with van der Waals surface area (Å²) in [5.74, 6) is 0. The third-order valence-corrected chi connectivity index (χ3v) is 5.54. The molecule has 1 saturated carbocycles. The van der Waals surface area contributed by atoms with E-state index in [0.717, 1.165) is 25.9 Å². The Morgan fingerprint density at radius 3 is 2.76 bits per heavy atom. The maximum Gasteiger partial charge on any atom is 0.243 e. The molecule has 0 radical (unpaired) electrons. The fourth-order valence-electron chi connectivity index (χ4n) is 2.73. The van der Waals surface area contributed by atoms with E-state index in [1.807, 2.05) is 6.92 Å². The number of likely N-dealkylation sites (N-methyl/N-ethyl adjacent to an activating group) is 1. The molecule has 1 aliphatic carbocycles. The van der Waals surface area contributed by atoms with Crippen LogP contribution >= 0.6 is 0 Å². The Balaban J connectivity index is 1.92. The average molecular weight is 314 g/mol. The molecule has 1 aromatic heterocycles. The number of nitrogens with one attached hydrogen (secondary N) is 2. The van der Waals surface area contributed by atoms with Gasteiger partial charge in [-0.25, -0.2) is 13.1 Å². The van der Waals surface area contributed by atoms with Crippen LogP contribution in [0, 0.1) is 5.41 Å². The Morgan fingerprint density at radius 2 is 2.10 bits per heavy atom. The number of hydrogen-bond donors (Lipinski definition) is 2. The van der Waals surface area contributed by atoms with Crippen LogP contribution in [0.1, 0.15) is 39.5 Å². The van der Waals surface area contributed by atoms with Crippen molar-refractivity contribution in [1.29, 1.82) is 0 Å². The van der Waals surface area contributed by atoms with E-state index in [9.17, 15) is 8.42 Å². The molecule has 21 heavy (non-hydrogen) atoms. The Morgan fingerprint density at radius 1 is 1.38 bits per heavy atom.